The van der Waals surface area contributed by atoms with Gasteiger partial charge in [0.2, 0.25) is 0 Å². The predicted molar refractivity (Wildman–Crippen MR) is 110 cm³/mol. The van der Waals surface area contributed by atoms with Gasteiger partial charge in [-0.25, -0.2) is 0 Å². The van der Waals surface area contributed by atoms with E-state index in [-0.39, 0.29) is 17.6 Å². The molecule has 1 saturated carbocycles. The Morgan fingerprint density at radius 3 is 2.59 bits per heavy atom. The minimum Gasteiger partial charge on any atom is -0.467 e. The van der Waals surface area contributed by atoms with Gasteiger partial charge in [-0.2, -0.15) is 0 Å². The first kappa shape index (κ1) is 19.3. The minimum atomic E-state index is -0.942. The summed E-state index contributed by atoms with van der Waals surface area (Å²) in [6.45, 7) is 1.97. The van der Waals surface area contributed by atoms with Crippen LogP contribution >= 0.6 is 11.5 Å². The summed E-state index contributed by atoms with van der Waals surface area (Å²) in [5.74, 6) is -0.257. The average Bonchev–Trinajstić information content (AvgIpc) is 3.49. The molecule has 0 aliphatic heterocycles. The van der Waals surface area contributed by atoms with Gasteiger partial charge >= 0.3 is 0 Å². The molecule has 0 radical (unpaired) electrons. The van der Waals surface area contributed by atoms with Crippen molar-refractivity contribution >= 4 is 29.0 Å². The van der Waals surface area contributed by atoms with Crippen molar-refractivity contribution in [1.29, 1.82) is 0 Å². The third kappa shape index (κ3) is 4.22. The monoisotopic (exact) mass is 410 g/mol. The molecule has 3 aromatic rings. The van der Waals surface area contributed by atoms with E-state index in [0.29, 0.717) is 11.4 Å². The highest BCUT2D eigenvalue weighted by Gasteiger charge is 2.37. The number of carbonyl (C=O) groups excluding carboxylic acids is 2. The molecule has 1 N–H and O–H groups in total. The van der Waals surface area contributed by atoms with Crippen molar-refractivity contribution in [3.8, 4) is 0 Å². The number of aryl methyl sites for hydroxylation is 1. The van der Waals surface area contributed by atoms with E-state index in [1.807, 2.05) is 31.2 Å². The Morgan fingerprint density at radius 2 is 1.97 bits per heavy atom. The summed E-state index contributed by atoms with van der Waals surface area (Å²) >= 11 is 1.09. The van der Waals surface area contributed by atoms with E-state index in [1.165, 1.54) is 11.2 Å². The van der Waals surface area contributed by atoms with Gasteiger partial charge < -0.3 is 9.73 Å². The van der Waals surface area contributed by atoms with Crippen LogP contribution < -0.4 is 10.2 Å². The summed E-state index contributed by atoms with van der Waals surface area (Å²) in [6.07, 6.45) is 5.60. The summed E-state index contributed by atoms with van der Waals surface area (Å²) in [7, 11) is 0. The Morgan fingerprint density at radius 1 is 1.21 bits per heavy atom. The third-order valence-corrected chi connectivity index (χ3v) is 5.64. The lowest BCUT2D eigenvalue weighted by atomic mass is 10.1. The van der Waals surface area contributed by atoms with Crippen LogP contribution in [-0.2, 0) is 4.79 Å². The van der Waals surface area contributed by atoms with Crippen LogP contribution in [-0.4, -0.2) is 27.4 Å². The maximum absolute atomic E-state index is 13.4. The zero-order chi connectivity index (χ0) is 20.2. The van der Waals surface area contributed by atoms with Crippen molar-refractivity contribution < 1.29 is 14.0 Å². The second-order valence-electron chi connectivity index (χ2n) is 7.21. The summed E-state index contributed by atoms with van der Waals surface area (Å²) < 4.78 is 9.39. The summed E-state index contributed by atoms with van der Waals surface area (Å²) in [5.41, 5.74) is 1.85. The summed E-state index contributed by atoms with van der Waals surface area (Å²) in [6, 6.07) is 10.1. The molecule has 2 heterocycles. The van der Waals surface area contributed by atoms with E-state index < -0.39 is 11.9 Å². The van der Waals surface area contributed by atoms with Crippen molar-refractivity contribution in [2.45, 2.75) is 44.7 Å². The van der Waals surface area contributed by atoms with Gasteiger partial charge in [-0.3, -0.25) is 14.5 Å². The van der Waals surface area contributed by atoms with E-state index in [1.54, 1.807) is 17.5 Å². The summed E-state index contributed by atoms with van der Waals surface area (Å²) in [5, 5.41) is 8.61. The van der Waals surface area contributed by atoms with Crippen LogP contribution in [0.5, 0.6) is 0 Å². The SMILES string of the molecule is Cc1ccc(N(C(=O)c2csnn2)[C@H](C(=O)NC2CCCC2)c2ccco2)cc1. The maximum atomic E-state index is 13.4. The van der Waals surface area contributed by atoms with Gasteiger partial charge in [0.05, 0.1) is 6.26 Å². The van der Waals surface area contributed by atoms with Crippen molar-refractivity contribution in [3.63, 3.8) is 0 Å². The highest BCUT2D eigenvalue weighted by molar-refractivity contribution is 7.03. The van der Waals surface area contributed by atoms with Gasteiger partial charge in [0.15, 0.2) is 11.7 Å². The predicted octanol–water partition coefficient (Wildman–Crippen LogP) is 3.89. The van der Waals surface area contributed by atoms with Gasteiger partial charge in [0, 0.05) is 17.1 Å². The molecule has 2 aromatic heterocycles. The smallest absolute Gasteiger partial charge is 0.280 e. The first-order valence-corrected chi connectivity index (χ1v) is 10.5. The number of aromatic nitrogens is 2. The van der Waals surface area contributed by atoms with E-state index in [9.17, 15) is 9.59 Å². The maximum Gasteiger partial charge on any atom is 0.280 e. The average molecular weight is 410 g/mol. The molecule has 2 amide bonds. The Bertz CT molecular complexity index is 948. The second-order valence-corrected chi connectivity index (χ2v) is 7.82. The third-order valence-electron chi connectivity index (χ3n) is 5.13. The molecule has 0 spiro atoms. The molecule has 1 aromatic carbocycles. The first-order valence-electron chi connectivity index (χ1n) is 9.64. The van der Waals surface area contributed by atoms with E-state index in [4.69, 9.17) is 4.42 Å². The molecule has 0 saturated heterocycles. The number of rotatable bonds is 6. The lowest BCUT2D eigenvalue weighted by Gasteiger charge is -2.30. The van der Waals surface area contributed by atoms with Gasteiger partial charge in [-0.1, -0.05) is 35.0 Å². The molecule has 150 valence electrons. The quantitative estimate of drug-likeness (QED) is 0.666. The van der Waals surface area contributed by atoms with Crippen LogP contribution in [0.25, 0.3) is 0 Å². The number of benzene rings is 1. The van der Waals surface area contributed by atoms with Gasteiger partial charge in [-0.15, -0.1) is 5.10 Å². The topological polar surface area (TPSA) is 88.3 Å². The van der Waals surface area contributed by atoms with Crippen LogP contribution in [0, 0.1) is 6.92 Å². The fourth-order valence-electron chi connectivity index (χ4n) is 3.64. The number of carbonyl (C=O) groups is 2. The van der Waals surface area contributed by atoms with Crippen LogP contribution in [0.15, 0.2) is 52.5 Å². The number of amides is 2. The minimum absolute atomic E-state index is 0.121. The number of hydrogen-bond donors (Lipinski definition) is 1. The molecule has 0 unspecified atom stereocenters. The Kier molecular flexibility index (Phi) is 5.71. The lowest BCUT2D eigenvalue weighted by Crippen LogP contribution is -2.46. The molecule has 4 rings (SSSR count). The Balaban J connectivity index is 1.75. The van der Waals surface area contributed by atoms with Gasteiger partial charge in [0.25, 0.3) is 11.8 Å². The van der Waals surface area contributed by atoms with Gasteiger partial charge in [0.1, 0.15) is 5.76 Å². The van der Waals surface area contributed by atoms with E-state index >= 15 is 0 Å². The molecular formula is C21H22N4O3S. The molecule has 29 heavy (non-hydrogen) atoms. The zero-order valence-electron chi connectivity index (χ0n) is 16.1. The van der Waals surface area contributed by atoms with Crippen molar-refractivity contribution in [1.82, 2.24) is 14.9 Å². The molecule has 0 bridgehead atoms. The number of nitrogens with zero attached hydrogens (tertiary/aromatic N) is 3. The Hall–Kier alpha value is -3.00. The number of furan rings is 1. The van der Waals surface area contributed by atoms with E-state index in [2.05, 4.69) is 14.9 Å². The molecule has 1 aliphatic carbocycles. The number of nitrogens with one attached hydrogen (secondary N) is 1. The standard InChI is InChI=1S/C21H22N4O3S/c1-14-8-10-16(11-9-14)25(21(27)17-13-29-24-23-17)19(18-7-4-12-28-18)20(26)22-15-5-2-3-6-15/h4,7-13,15,19H,2-3,5-6H2,1H3,(H,22,26)/t19-/m0/s1. The van der Waals surface area contributed by atoms with Crippen LogP contribution in [0.3, 0.4) is 0 Å². The van der Waals surface area contributed by atoms with Gasteiger partial charge in [-0.05, 0) is 55.6 Å². The second kappa shape index (κ2) is 8.57. The molecule has 1 aliphatic rings. The van der Waals surface area contributed by atoms with Crippen LogP contribution in [0.1, 0.15) is 53.5 Å². The molecule has 7 nitrogen and oxygen atoms in total. The van der Waals surface area contributed by atoms with Crippen molar-refractivity contribution in [3.05, 3.63) is 65.1 Å². The van der Waals surface area contributed by atoms with Crippen molar-refractivity contribution in [2.75, 3.05) is 4.90 Å². The summed E-state index contributed by atoms with van der Waals surface area (Å²) in [4.78, 5) is 28.2. The molecular weight excluding hydrogens is 388 g/mol. The molecule has 1 atom stereocenters. The first-order chi connectivity index (χ1) is 14.1. The molecule has 8 heteroatoms. The largest absolute Gasteiger partial charge is 0.467 e. The van der Waals surface area contributed by atoms with Crippen molar-refractivity contribution in [2.24, 2.45) is 0 Å². The fourth-order valence-corrected chi connectivity index (χ4v) is 4.07. The fraction of sp³-hybridized carbons (Fsp3) is 0.333. The highest BCUT2D eigenvalue weighted by atomic mass is 32.1. The van der Waals surface area contributed by atoms with Crippen LogP contribution in [0.4, 0.5) is 5.69 Å². The zero-order valence-corrected chi connectivity index (χ0v) is 16.9. The number of anilines is 1. The molecule has 1 fully saturated rings. The van der Waals surface area contributed by atoms with E-state index in [0.717, 1.165) is 42.8 Å². The normalized spacial score (nSPS) is 15.2. The Labute approximate surface area is 172 Å². The van der Waals surface area contributed by atoms with Crippen LogP contribution in [0.2, 0.25) is 0 Å². The highest BCUT2D eigenvalue weighted by Crippen LogP contribution is 2.31. The lowest BCUT2D eigenvalue weighted by molar-refractivity contribution is -0.123. The number of hydrogen-bond acceptors (Lipinski definition) is 6.